The number of aromatic nitrogens is 4. The molecule has 0 aliphatic carbocycles. The number of para-hydroxylation sites is 6. The molecule has 0 bridgehead atoms. The molecule has 0 spiro atoms. The van der Waals surface area contributed by atoms with E-state index in [2.05, 4.69) is 156 Å². The summed E-state index contributed by atoms with van der Waals surface area (Å²) in [5, 5.41) is 0. The van der Waals surface area contributed by atoms with E-state index in [0.29, 0.717) is 0 Å². The lowest BCUT2D eigenvalue weighted by atomic mass is 9.88. The van der Waals surface area contributed by atoms with Crippen LogP contribution in [0, 0.1) is 13.8 Å². The minimum Gasteiger partial charge on any atom is -0.296 e. The number of benzene rings is 6. The van der Waals surface area contributed by atoms with Gasteiger partial charge < -0.3 is 0 Å². The van der Waals surface area contributed by atoms with Crippen LogP contribution in [-0.2, 0) is 0 Å². The van der Waals surface area contributed by atoms with Crippen LogP contribution in [0.25, 0.3) is 66.8 Å². The van der Waals surface area contributed by atoms with Gasteiger partial charge in [-0.3, -0.25) is 9.13 Å². The van der Waals surface area contributed by atoms with Crippen LogP contribution in [0.5, 0.6) is 0 Å². The van der Waals surface area contributed by atoms with Crippen molar-refractivity contribution in [2.75, 3.05) is 0 Å². The Morgan fingerprint density at radius 1 is 0.341 bits per heavy atom. The van der Waals surface area contributed by atoms with Crippen LogP contribution in [0.1, 0.15) is 11.6 Å². The summed E-state index contributed by atoms with van der Waals surface area (Å²) in [6.07, 6.45) is 0. The molecule has 4 heteroatoms. The number of rotatable bonds is 5. The molecule has 8 aromatic rings. The van der Waals surface area contributed by atoms with Crippen molar-refractivity contribution in [3.63, 3.8) is 0 Å². The standard InChI is InChI=1S/C40H30N4/c1-27-41-35-21-9-13-25-39(35)43(27)37-23-11-7-19-33(37)31-17-5-3-15-29(31)30-16-4-6-18-32(30)34-20-8-12-24-38(34)44-28(2)42-36-22-10-14-26-40(36)44/h3-26H,1-2H3. The SMILES string of the molecule is Cc1nc2ccccc2n1-c1ccccc1-c1ccccc1-c1ccccc1-c1ccccc1-n1c(C)nc2ccccc21. The molecule has 4 nitrogen and oxygen atoms in total. The quantitative estimate of drug-likeness (QED) is 0.208. The molecule has 8 rings (SSSR count). The third-order valence-corrected chi connectivity index (χ3v) is 8.47. The first-order valence-corrected chi connectivity index (χ1v) is 15.0. The molecule has 2 heterocycles. The second kappa shape index (κ2) is 10.5. The average Bonchev–Trinajstić information content (AvgIpc) is 3.59. The van der Waals surface area contributed by atoms with Crippen molar-refractivity contribution in [3.05, 3.63) is 157 Å². The normalized spacial score (nSPS) is 11.4. The van der Waals surface area contributed by atoms with E-state index in [1.165, 1.54) is 22.3 Å². The zero-order valence-corrected chi connectivity index (χ0v) is 24.6. The first-order chi connectivity index (χ1) is 21.7. The number of hydrogen-bond donors (Lipinski definition) is 0. The molecule has 2 aromatic heterocycles. The van der Waals surface area contributed by atoms with Gasteiger partial charge in [0, 0.05) is 11.1 Å². The van der Waals surface area contributed by atoms with Gasteiger partial charge in [-0.15, -0.1) is 0 Å². The molecular weight excluding hydrogens is 536 g/mol. The topological polar surface area (TPSA) is 35.6 Å². The lowest BCUT2D eigenvalue weighted by molar-refractivity contribution is 1.00. The van der Waals surface area contributed by atoms with Gasteiger partial charge in [0.05, 0.1) is 33.4 Å². The highest BCUT2D eigenvalue weighted by Gasteiger charge is 2.20. The summed E-state index contributed by atoms with van der Waals surface area (Å²) in [5.74, 6) is 1.93. The fourth-order valence-electron chi connectivity index (χ4n) is 6.60. The largest absolute Gasteiger partial charge is 0.296 e. The van der Waals surface area contributed by atoms with E-state index < -0.39 is 0 Å². The van der Waals surface area contributed by atoms with Crippen LogP contribution in [-0.4, -0.2) is 19.1 Å². The van der Waals surface area contributed by atoms with E-state index in [1.807, 2.05) is 12.1 Å². The Balaban J connectivity index is 1.35. The Kier molecular flexibility index (Phi) is 6.20. The zero-order chi connectivity index (χ0) is 29.6. The van der Waals surface area contributed by atoms with Gasteiger partial charge in [-0.2, -0.15) is 0 Å². The lowest BCUT2D eigenvalue weighted by Crippen LogP contribution is -2.01. The maximum Gasteiger partial charge on any atom is 0.111 e. The summed E-state index contributed by atoms with van der Waals surface area (Å²) >= 11 is 0. The van der Waals surface area contributed by atoms with Crippen LogP contribution in [0.3, 0.4) is 0 Å². The monoisotopic (exact) mass is 566 g/mol. The smallest absolute Gasteiger partial charge is 0.111 e. The van der Waals surface area contributed by atoms with Crippen molar-refractivity contribution in [3.8, 4) is 44.8 Å². The van der Waals surface area contributed by atoms with E-state index in [1.54, 1.807) is 0 Å². The molecule has 0 amide bonds. The third-order valence-electron chi connectivity index (χ3n) is 8.47. The molecule has 6 aromatic carbocycles. The molecule has 0 radical (unpaired) electrons. The van der Waals surface area contributed by atoms with Crippen molar-refractivity contribution in [2.24, 2.45) is 0 Å². The molecule has 0 saturated heterocycles. The number of fused-ring (bicyclic) bond motifs is 2. The molecule has 0 aliphatic heterocycles. The molecule has 0 N–H and O–H groups in total. The third kappa shape index (κ3) is 4.15. The molecule has 0 aliphatic rings. The van der Waals surface area contributed by atoms with Crippen molar-refractivity contribution < 1.29 is 0 Å². The summed E-state index contributed by atoms with van der Waals surface area (Å²) < 4.78 is 4.55. The second-order valence-electron chi connectivity index (χ2n) is 11.1. The van der Waals surface area contributed by atoms with Gasteiger partial charge in [0.15, 0.2) is 0 Å². The Hall–Kier alpha value is -5.74. The first kappa shape index (κ1) is 25.9. The molecule has 0 fully saturated rings. The van der Waals surface area contributed by atoms with Gasteiger partial charge in [0.1, 0.15) is 11.6 Å². The van der Waals surface area contributed by atoms with Crippen LogP contribution >= 0.6 is 0 Å². The average molecular weight is 567 g/mol. The summed E-state index contributed by atoms with van der Waals surface area (Å²) in [5.41, 5.74) is 13.5. The summed E-state index contributed by atoms with van der Waals surface area (Å²) in [4.78, 5) is 9.75. The maximum absolute atomic E-state index is 4.88. The highest BCUT2D eigenvalue weighted by Crippen LogP contribution is 2.42. The van der Waals surface area contributed by atoms with Gasteiger partial charge >= 0.3 is 0 Å². The van der Waals surface area contributed by atoms with Crippen molar-refractivity contribution in [1.82, 2.24) is 19.1 Å². The Labute approximate surface area is 256 Å². The second-order valence-corrected chi connectivity index (χ2v) is 11.1. The van der Waals surface area contributed by atoms with Gasteiger partial charge in [-0.25, -0.2) is 9.97 Å². The van der Waals surface area contributed by atoms with Gasteiger partial charge in [0.2, 0.25) is 0 Å². The van der Waals surface area contributed by atoms with E-state index in [9.17, 15) is 0 Å². The Morgan fingerprint density at radius 3 is 1.05 bits per heavy atom. The van der Waals surface area contributed by atoms with Gasteiger partial charge in [0.25, 0.3) is 0 Å². The molecule has 0 saturated carbocycles. The lowest BCUT2D eigenvalue weighted by Gasteiger charge is -2.20. The van der Waals surface area contributed by atoms with Crippen molar-refractivity contribution in [2.45, 2.75) is 13.8 Å². The Morgan fingerprint density at radius 2 is 0.636 bits per heavy atom. The van der Waals surface area contributed by atoms with Crippen molar-refractivity contribution in [1.29, 1.82) is 0 Å². The molecule has 0 atom stereocenters. The number of aryl methyl sites for hydroxylation is 2. The minimum atomic E-state index is 0.966. The summed E-state index contributed by atoms with van der Waals surface area (Å²) in [7, 11) is 0. The Bertz CT molecular complexity index is 2160. The fraction of sp³-hybridized carbons (Fsp3) is 0.0500. The van der Waals surface area contributed by atoms with E-state index in [0.717, 1.165) is 56.2 Å². The fourth-order valence-corrected chi connectivity index (χ4v) is 6.60. The van der Waals surface area contributed by atoms with E-state index in [-0.39, 0.29) is 0 Å². The zero-order valence-electron chi connectivity index (χ0n) is 24.6. The van der Waals surface area contributed by atoms with Gasteiger partial charge in [-0.05, 0) is 72.5 Å². The predicted octanol–water partition coefficient (Wildman–Crippen LogP) is 9.98. The highest BCUT2D eigenvalue weighted by atomic mass is 15.1. The van der Waals surface area contributed by atoms with Crippen LogP contribution in [0.2, 0.25) is 0 Å². The van der Waals surface area contributed by atoms with E-state index >= 15 is 0 Å². The minimum absolute atomic E-state index is 0.966. The maximum atomic E-state index is 4.88. The summed E-state index contributed by atoms with van der Waals surface area (Å²) in [6.45, 7) is 4.16. The molecule has 0 unspecified atom stereocenters. The number of hydrogen-bond acceptors (Lipinski definition) is 2. The van der Waals surface area contributed by atoms with E-state index in [4.69, 9.17) is 9.97 Å². The summed E-state index contributed by atoms with van der Waals surface area (Å²) in [6, 6.07) is 51.5. The van der Waals surface area contributed by atoms with Crippen LogP contribution in [0.15, 0.2) is 146 Å². The molecule has 210 valence electrons. The molecular formula is C40H30N4. The highest BCUT2D eigenvalue weighted by molar-refractivity contribution is 5.96. The number of imidazole rings is 2. The molecule has 44 heavy (non-hydrogen) atoms. The van der Waals surface area contributed by atoms with Crippen LogP contribution in [0.4, 0.5) is 0 Å². The first-order valence-electron chi connectivity index (χ1n) is 15.0. The van der Waals surface area contributed by atoms with Crippen LogP contribution < -0.4 is 0 Å². The van der Waals surface area contributed by atoms with Crippen molar-refractivity contribution >= 4 is 22.1 Å². The number of nitrogens with zero attached hydrogens (tertiary/aromatic N) is 4. The predicted molar refractivity (Wildman–Crippen MR) is 181 cm³/mol. The van der Waals surface area contributed by atoms with Gasteiger partial charge in [-0.1, -0.05) is 109 Å².